The van der Waals surface area contributed by atoms with Crippen molar-refractivity contribution in [1.29, 1.82) is 0 Å². The summed E-state index contributed by atoms with van der Waals surface area (Å²) in [7, 11) is 0. The molecule has 0 aliphatic rings. The Hall–Kier alpha value is -3.68. The minimum Gasteiger partial charge on any atom is -0.472 e. The SMILES string of the molecule is N/C=C(\c1cccnc1)c1cc(C(=O)NC(CN)Cc2ccccc2)sc1-c1ccoc1. The van der Waals surface area contributed by atoms with E-state index >= 15 is 0 Å². The Bertz CT molecular complexity index is 1190. The number of pyridine rings is 1. The molecular formula is C25H24N4O2S. The summed E-state index contributed by atoms with van der Waals surface area (Å²) < 4.78 is 5.29. The zero-order valence-corrected chi connectivity index (χ0v) is 18.2. The Morgan fingerprint density at radius 2 is 2.03 bits per heavy atom. The summed E-state index contributed by atoms with van der Waals surface area (Å²) in [6.07, 6.45) is 8.94. The second-order valence-corrected chi connectivity index (χ2v) is 8.34. The highest BCUT2D eigenvalue weighted by Gasteiger charge is 2.21. The molecule has 3 aromatic heterocycles. The topological polar surface area (TPSA) is 107 Å². The molecular weight excluding hydrogens is 420 g/mol. The Balaban J connectivity index is 1.64. The molecule has 5 N–H and O–H groups in total. The number of rotatable bonds is 8. The average Bonchev–Trinajstić information content (AvgIpc) is 3.51. The lowest BCUT2D eigenvalue weighted by atomic mass is 9.98. The Labute approximate surface area is 190 Å². The maximum absolute atomic E-state index is 13.1. The van der Waals surface area contributed by atoms with Gasteiger partial charge in [0.25, 0.3) is 5.91 Å². The molecule has 1 aromatic carbocycles. The summed E-state index contributed by atoms with van der Waals surface area (Å²) >= 11 is 1.39. The number of benzene rings is 1. The zero-order valence-electron chi connectivity index (χ0n) is 17.4. The van der Waals surface area contributed by atoms with Gasteiger partial charge in [-0.3, -0.25) is 9.78 Å². The van der Waals surface area contributed by atoms with Crippen LogP contribution in [0.4, 0.5) is 0 Å². The first-order valence-electron chi connectivity index (χ1n) is 10.2. The van der Waals surface area contributed by atoms with E-state index in [-0.39, 0.29) is 11.9 Å². The van der Waals surface area contributed by atoms with Crippen LogP contribution in [0.1, 0.15) is 26.4 Å². The van der Waals surface area contributed by atoms with Gasteiger partial charge in [0.15, 0.2) is 0 Å². The third kappa shape index (κ3) is 4.80. The van der Waals surface area contributed by atoms with Gasteiger partial charge in [0, 0.05) is 58.3 Å². The number of furan rings is 1. The second kappa shape index (κ2) is 10.1. The van der Waals surface area contributed by atoms with Crippen LogP contribution in [0.3, 0.4) is 0 Å². The van der Waals surface area contributed by atoms with Crippen molar-refractivity contribution in [2.24, 2.45) is 11.5 Å². The van der Waals surface area contributed by atoms with Gasteiger partial charge in [-0.25, -0.2) is 0 Å². The predicted molar refractivity (Wildman–Crippen MR) is 128 cm³/mol. The van der Waals surface area contributed by atoms with Crippen molar-refractivity contribution >= 4 is 22.8 Å². The van der Waals surface area contributed by atoms with E-state index in [1.165, 1.54) is 11.3 Å². The molecule has 0 saturated heterocycles. The lowest BCUT2D eigenvalue weighted by molar-refractivity contribution is 0.0942. The number of aromatic nitrogens is 1. The molecule has 1 unspecified atom stereocenters. The number of amides is 1. The zero-order chi connectivity index (χ0) is 22.3. The smallest absolute Gasteiger partial charge is 0.261 e. The molecule has 0 saturated carbocycles. The quantitative estimate of drug-likeness (QED) is 0.380. The van der Waals surface area contributed by atoms with Crippen LogP contribution >= 0.6 is 11.3 Å². The molecule has 4 rings (SSSR count). The summed E-state index contributed by atoms with van der Waals surface area (Å²) in [5.41, 5.74) is 16.5. The molecule has 3 heterocycles. The fourth-order valence-corrected chi connectivity index (χ4v) is 4.58. The van der Waals surface area contributed by atoms with Crippen LogP contribution < -0.4 is 16.8 Å². The highest BCUT2D eigenvalue weighted by molar-refractivity contribution is 7.17. The fraction of sp³-hybridized carbons (Fsp3) is 0.120. The minimum atomic E-state index is -0.171. The van der Waals surface area contributed by atoms with Crippen LogP contribution in [0, 0.1) is 0 Å². The second-order valence-electron chi connectivity index (χ2n) is 7.28. The lowest BCUT2D eigenvalue weighted by Crippen LogP contribution is -2.41. The van der Waals surface area contributed by atoms with Gasteiger partial charge < -0.3 is 21.2 Å². The van der Waals surface area contributed by atoms with E-state index in [0.717, 1.165) is 32.7 Å². The van der Waals surface area contributed by atoms with Gasteiger partial charge in [-0.2, -0.15) is 0 Å². The molecule has 32 heavy (non-hydrogen) atoms. The molecule has 7 heteroatoms. The lowest BCUT2D eigenvalue weighted by Gasteiger charge is -2.16. The maximum Gasteiger partial charge on any atom is 0.261 e. The molecule has 0 aliphatic carbocycles. The van der Waals surface area contributed by atoms with Crippen LogP contribution in [-0.4, -0.2) is 23.5 Å². The first-order valence-corrected chi connectivity index (χ1v) is 11.0. The number of carbonyl (C=O) groups is 1. The number of hydrogen-bond donors (Lipinski definition) is 3. The third-order valence-electron chi connectivity index (χ3n) is 5.11. The van der Waals surface area contributed by atoms with Crippen LogP contribution in [-0.2, 0) is 6.42 Å². The average molecular weight is 445 g/mol. The van der Waals surface area contributed by atoms with Gasteiger partial charge in [0.05, 0.1) is 17.4 Å². The van der Waals surface area contributed by atoms with E-state index in [0.29, 0.717) is 17.8 Å². The maximum atomic E-state index is 13.1. The van der Waals surface area contributed by atoms with Crippen molar-refractivity contribution in [3.63, 3.8) is 0 Å². The molecule has 6 nitrogen and oxygen atoms in total. The van der Waals surface area contributed by atoms with Crippen LogP contribution in [0.15, 0.2) is 90.1 Å². The Morgan fingerprint density at radius 3 is 2.69 bits per heavy atom. The predicted octanol–water partition coefficient (Wildman–Crippen LogP) is 4.05. The van der Waals surface area contributed by atoms with Crippen molar-refractivity contribution in [3.8, 4) is 10.4 Å². The minimum absolute atomic E-state index is 0.167. The molecule has 0 radical (unpaired) electrons. The van der Waals surface area contributed by atoms with E-state index in [2.05, 4.69) is 10.3 Å². The van der Waals surface area contributed by atoms with E-state index in [1.54, 1.807) is 31.1 Å². The summed E-state index contributed by atoms with van der Waals surface area (Å²) in [5, 5.41) is 3.07. The highest BCUT2D eigenvalue weighted by atomic mass is 32.1. The van der Waals surface area contributed by atoms with E-state index in [9.17, 15) is 4.79 Å². The standard InChI is InChI=1S/C25H24N4O2S/c26-13-20(11-17-5-2-1-3-6-17)29-25(30)23-12-21(24(32-23)19-8-10-31-16-19)22(14-27)18-7-4-9-28-15-18/h1-10,12,14-16,20H,11,13,26-27H2,(H,29,30)/b22-14+. The monoisotopic (exact) mass is 444 g/mol. The van der Waals surface area contributed by atoms with Gasteiger partial charge in [0.1, 0.15) is 0 Å². The summed E-state index contributed by atoms with van der Waals surface area (Å²) in [6, 6.07) is 17.3. The molecule has 0 spiro atoms. The molecule has 1 atom stereocenters. The van der Waals surface area contributed by atoms with E-state index in [4.69, 9.17) is 15.9 Å². The van der Waals surface area contributed by atoms with Gasteiger partial charge in [-0.1, -0.05) is 36.4 Å². The number of thiophene rings is 1. The van der Waals surface area contributed by atoms with Crippen molar-refractivity contribution in [1.82, 2.24) is 10.3 Å². The van der Waals surface area contributed by atoms with Gasteiger partial charge in [-0.15, -0.1) is 11.3 Å². The normalized spacial score (nSPS) is 12.5. The number of hydrogen-bond acceptors (Lipinski definition) is 6. The van der Waals surface area contributed by atoms with E-state index < -0.39 is 0 Å². The van der Waals surface area contributed by atoms with Crippen molar-refractivity contribution in [2.75, 3.05) is 6.54 Å². The van der Waals surface area contributed by atoms with Crippen LogP contribution in [0.2, 0.25) is 0 Å². The van der Waals surface area contributed by atoms with Crippen LogP contribution in [0.5, 0.6) is 0 Å². The molecule has 4 aromatic rings. The van der Waals surface area contributed by atoms with Crippen molar-refractivity contribution < 1.29 is 9.21 Å². The first kappa shape index (κ1) is 21.5. The molecule has 1 amide bonds. The summed E-state index contributed by atoms with van der Waals surface area (Å²) in [6.45, 7) is 0.344. The Morgan fingerprint density at radius 1 is 1.19 bits per heavy atom. The summed E-state index contributed by atoms with van der Waals surface area (Å²) in [5.74, 6) is -0.167. The molecule has 0 bridgehead atoms. The Kier molecular flexibility index (Phi) is 6.79. The van der Waals surface area contributed by atoms with Crippen LogP contribution in [0.25, 0.3) is 16.0 Å². The number of nitrogens with zero attached hydrogens (tertiary/aromatic N) is 1. The fourth-order valence-electron chi connectivity index (χ4n) is 3.52. The van der Waals surface area contributed by atoms with Gasteiger partial charge >= 0.3 is 0 Å². The van der Waals surface area contributed by atoms with Gasteiger partial charge in [-0.05, 0) is 30.2 Å². The molecule has 0 aliphatic heterocycles. The molecule has 162 valence electrons. The van der Waals surface area contributed by atoms with Crippen molar-refractivity contribution in [2.45, 2.75) is 12.5 Å². The van der Waals surface area contributed by atoms with E-state index in [1.807, 2.05) is 54.6 Å². The first-order chi connectivity index (χ1) is 15.7. The van der Waals surface area contributed by atoms with Crippen molar-refractivity contribution in [3.05, 3.63) is 107 Å². The molecule has 0 fully saturated rings. The highest BCUT2D eigenvalue weighted by Crippen LogP contribution is 2.39. The number of nitrogens with two attached hydrogens (primary N) is 2. The summed E-state index contributed by atoms with van der Waals surface area (Å²) in [4.78, 5) is 18.8. The van der Waals surface area contributed by atoms with Gasteiger partial charge in [0.2, 0.25) is 0 Å². The number of carbonyl (C=O) groups excluding carboxylic acids is 1. The largest absolute Gasteiger partial charge is 0.472 e. The third-order valence-corrected chi connectivity index (χ3v) is 6.30. The number of nitrogens with one attached hydrogen (secondary N) is 1.